The fraction of sp³-hybridized carbons (Fsp3) is 0.565. The summed E-state index contributed by atoms with van der Waals surface area (Å²) in [7, 11) is 0. The van der Waals surface area contributed by atoms with Crippen LogP contribution in [0.4, 0.5) is 10.8 Å². The number of rotatable bonds is 3. The van der Waals surface area contributed by atoms with E-state index < -0.39 is 0 Å². The van der Waals surface area contributed by atoms with E-state index in [4.69, 9.17) is 0 Å². The second kappa shape index (κ2) is 8.46. The summed E-state index contributed by atoms with van der Waals surface area (Å²) in [6, 6.07) is 3.81. The van der Waals surface area contributed by atoms with E-state index in [0.717, 1.165) is 44.2 Å². The summed E-state index contributed by atoms with van der Waals surface area (Å²) in [5.74, 6) is 0.917. The number of aromatic nitrogens is 2. The van der Waals surface area contributed by atoms with Crippen LogP contribution in [-0.2, 0) is 17.6 Å². The molecule has 1 saturated heterocycles. The first-order valence-electron chi connectivity index (χ1n) is 10.9. The van der Waals surface area contributed by atoms with E-state index >= 15 is 0 Å². The number of aromatic amines is 1. The van der Waals surface area contributed by atoms with Gasteiger partial charge in [0.05, 0.1) is 17.8 Å². The molecule has 2 aromatic heterocycles. The van der Waals surface area contributed by atoms with Crippen LogP contribution in [0.25, 0.3) is 0 Å². The summed E-state index contributed by atoms with van der Waals surface area (Å²) in [4.78, 5) is 34.7. The van der Waals surface area contributed by atoms with E-state index in [1.807, 2.05) is 4.90 Å². The summed E-state index contributed by atoms with van der Waals surface area (Å²) < 4.78 is 0. The van der Waals surface area contributed by atoms with Gasteiger partial charge < -0.3 is 15.2 Å². The van der Waals surface area contributed by atoms with Crippen molar-refractivity contribution in [2.24, 2.45) is 17.3 Å². The molecular weight excluding hydrogens is 410 g/mol. The molecule has 2 aromatic rings. The van der Waals surface area contributed by atoms with Crippen molar-refractivity contribution in [1.82, 2.24) is 9.97 Å². The molecule has 1 amide bonds. The third-order valence-corrected chi connectivity index (χ3v) is 7.79. The van der Waals surface area contributed by atoms with Gasteiger partial charge in [0.2, 0.25) is 5.91 Å². The lowest BCUT2D eigenvalue weighted by Crippen LogP contribution is -2.41. The number of carbonyl (C=O) groups excluding carboxylic acids is 1. The predicted molar refractivity (Wildman–Crippen MR) is 122 cm³/mol. The first kappa shape index (κ1) is 21.6. The highest BCUT2D eigenvalue weighted by Crippen LogP contribution is 2.44. The highest BCUT2D eigenvalue weighted by molar-refractivity contribution is 7.16. The van der Waals surface area contributed by atoms with Gasteiger partial charge in [0.1, 0.15) is 16.9 Å². The van der Waals surface area contributed by atoms with Gasteiger partial charge in [-0.15, -0.1) is 11.3 Å². The van der Waals surface area contributed by atoms with Gasteiger partial charge in [-0.05, 0) is 49.0 Å². The van der Waals surface area contributed by atoms with E-state index in [1.165, 1.54) is 17.3 Å². The molecule has 4 rings (SSSR count). The van der Waals surface area contributed by atoms with Crippen molar-refractivity contribution in [3.05, 3.63) is 38.8 Å². The van der Waals surface area contributed by atoms with Crippen LogP contribution in [0.15, 0.2) is 17.2 Å². The Morgan fingerprint density at radius 1 is 1.39 bits per heavy atom. The van der Waals surface area contributed by atoms with Gasteiger partial charge in [-0.3, -0.25) is 9.59 Å². The Labute approximate surface area is 186 Å². The number of hydrogen-bond donors (Lipinski definition) is 2. The van der Waals surface area contributed by atoms with Crippen molar-refractivity contribution >= 4 is 28.1 Å². The number of piperidine rings is 1. The molecule has 2 N–H and O–H groups in total. The average Bonchev–Trinajstić information content (AvgIpc) is 3.09. The van der Waals surface area contributed by atoms with Crippen LogP contribution in [0, 0.1) is 28.6 Å². The monoisotopic (exact) mass is 439 g/mol. The minimum atomic E-state index is -0.206. The quantitative estimate of drug-likeness (QED) is 0.759. The van der Waals surface area contributed by atoms with Crippen LogP contribution in [0.5, 0.6) is 0 Å². The molecule has 2 unspecified atom stereocenters. The largest absolute Gasteiger partial charge is 0.356 e. The molecule has 0 spiro atoms. The van der Waals surface area contributed by atoms with E-state index in [2.05, 4.69) is 42.1 Å². The summed E-state index contributed by atoms with van der Waals surface area (Å²) in [5.41, 5.74) is 1.80. The van der Waals surface area contributed by atoms with E-state index in [-0.39, 0.29) is 22.8 Å². The molecule has 2 atom stereocenters. The molecule has 0 aromatic carbocycles. The zero-order valence-corrected chi connectivity index (χ0v) is 19.1. The van der Waals surface area contributed by atoms with Gasteiger partial charge in [-0.2, -0.15) is 5.26 Å². The molecular formula is C23H29N5O2S. The maximum absolute atomic E-state index is 13.1. The zero-order valence-electron chi connectivity index (χ0n) is 18.3. The molecule has 8 heteroatoms. The lowest BCUT2D eigenvalue weighted by molar-refractivity contribution is -0.120. The maximum atomic E-state index is 13.1. The van der Waals surface area contributed by atoms with Gasteiger partial charge >= 0.3 is 0 Å². The van der Waals surface area contributed by atoms with Crippen molar-refractivity contribution in [3.8, 4) is 6.07 Å². The number of nitrogens with one attached hydrogen (secondary N) is 2. The summed E-state index contributed by atoms with van der Waals surface area (Å²) in [6.07, 6.45) is 5.98. The fourth-order valence-corrected chi connectivity index (χ4v) is 5.96. The molecule has 2 aliphatic rings. The van der Waals surface area contributed by atoms with Crippen molar-refractivity contribution in [1.29, 1.82) is 5.26 Å². The number of thiophene rings is 1. The van der Waals surface area contributed by atoms with E-state index in [9.17, 15) is 14.9 Å². The van der Waals surface area contributed by atoms with Gasteiger partial charge in [-0.1, -0.05) is 20.8 Å². The number of hydrogen-bond acceptors (Lipinski definition) is 6. The molecule has 164 valence electrons. The van der Waals surface area contributed by atoms with Crippen LogP contribution in [0.1, 0.15) is 56.0 Å². The number of H-pyrrole nitrogens is 1. The first-order chi connectivity index (χ1) is 14.8. The molecule has 1 aliphatic heterocycles. The van der Waals surface area contributed by atoms with Gasteiger partial charge in [0.15, 0.2) is 0 Å². The Morgan fingerprint density at radius 2 is 2.19 bits per heavy atom. The predicted octanol–water partition coefficient (Wildman–Crippen LogP) is 3.71. The van der Waals surface area contributed by atoms with Crippen molar-refractivity contribution in [2.75, 3.05) is 23.3 Å². The molecule has 1 aliphatic carbocycles. The van der Waals surface area contributed by atoms with E-state index in [1.54, 1.807) is 11.3 Å². The Hall–Kier alpha value is -2.66. The number of fused-ring (bicyclic) bond motifs is 1. The van der Waals surface area contributed by atoms with Crippen molar-refractivity contribution in [3.63, 3.8) is 0 Å². The lowest BCUT2D eigenvalue weighted by atomic mass is 9.72. The van der Waals surface area contributed by atoms with Crippen LogP contribution in [0.3, 0.4) is 0 Å². The van der Waals surface area contributed by atoms with Crippen molar-refractivity contribution in [2.45, 2.75) is 52.9 Å². The number of carbonyl (C=O) groups is 1. The Morgan fingerprint density at radius 3 is 2.90 bits per heavy atom. The third-order valence-electron chi connectivity index (χ3n) is 6.62. The topological polar surface area (TPSA) is 102 Å². The van der Waals surface area contributed by atoms with Crippen LogP contribution < -0.4 is 15.8 Å². The van der Waals surface area contributed by atoms with Crippen LogP contribution in [-0.4, -0.2) is 29.0 Å². The van der Waals surface area contributed by atoms with Crippen LogP contribution in [0.2, 0.25) is 0 Å². The second-order valence-electron chi connectivity index (χ2n) is 9.67. The summed E-state index contributed by atoms with van der Waals surface area (Å²) in [6.45, 7) is 8.10. The van der Waals surface area contributed by atoms with Gasteiger partial charge in [0.25, 0.3) is 5.56 Å². The zero-order chi connectivity index (χ0) is 22.2. The second-order valence-corrected chi connectivity index (χ2v) is 10.8. The fourth-order valence-electron chi connectivity index (χ4n) is 4.68. The minimum Gasteiger partial charge on any atom is -0.356 e. The Kier molecular flexibility index (Phi) is 5.89. The lowest BCUT2D eigenvalue weighted by Gasteiger charge is -2.33. The number of anilines is 2. The average molecular weight is 440 g/mol. The molecule has 7 nitrogen and oxygen atoms in total. The first-order valence-corrected chi connectivity index (χ1v) is 11.7. The van der Waals surface area contributed by atoms with Crippen molar-refractivity contribution < 1.29 is 4.79 Å². The third kappa shape index (κ3) is 4.52. The highest BCUT2D eigenvalue weighted by atomic mass is 32.1. The molecule has 1 fully saturated rings. The SMILES string of the molecule is CC(C)(C)C1CCc2c(sc(NC(=O)C3CCCN(c4cc(=O)[nH]cn4)C3)c2C#N)C1. The summed E-state index contributed by atoms with van der Waals surface area (Å²) >= 11 is 1.57. The van der Waals surface area contributed by atoms with Gasteiger partial charge in [0, 0.05) is 24.0 Å². The van der Waals surface area contributed by atoms with E-state index in [0.29, 0.717) is 28.8 Å². The molecule has 3 heterocycles. The minimum absolute atomic E-state index is 0.0583. The molecule has 0 saturated carbocycles. The number of nitrogens with zero attached hydrogens (tertiary/aromatic N) is 3. The molecule has 31 heavy (non-hydrogen) atoms. The number of nitriles is 1. The highest BCUT2D eigenvalue weighted by Gasteiger charge is 2.33. The van der Waals surface area contributed by atoms with Crippen LogP contribution >= 0.6 is 11.3 Å². The molecule has 0 radical (unpaired) electrons. The maximum Gasteiger partial charge on any atom is 0.252 e. The normalized spacial score (nSPS) is 21.3. The van der Waals surface area contributed by atoms with Gasteiger partial charge in [-0.25, -0.2) is 4.98 Å². The standard InChI is InChI=1S/C23H29N5O2S/c1-23(2,3)15-6-7-16-17(11-24)22(31-18(16)9-15)27-21(30)14-5-4-8-28(12-14)19-10-20(29)26-13-25-19/h10,13-15H,4-9,12H2,1-3H3,(H,27,30)(H,25,26,29). The molecule has 0 bridgehead atoms. The Bertz CT molecular complexity index is 1070. The summed E-state index contributed by atoms with van der Waals surface area (Å²) in [5, 5.41) is 13.5. The smallest absolute Gasteiger partial charge is 0.252 e. The Balaban J connectivity index is 1.49. The number of amides is 1.